The van der Waals surface area contributed by atoms with Gasteiger partial charge in [-0.3, -0.25) is 4.79 Å². The number of amides is 1. The highest BCUT2D eigenvalue weighted by Crippen LogP contribution is 2.25. The average molecular weight is 254 g/mol. The third-order valence-corrected chi connectivity index (χ3v) is 4.57. The Morgan fingerprint density at radius 2 is 1.94 bits per heavy atom. The average Bonchev–Trinajstić information content (AvgIpc) is 2.61. The van der Waals surface area contributed by atoms with Crippen LogP contribution in [0.5, 0.6) is 0 Å². The molecule has 1 unspecified atom stereocenters. The number of hydrogen-bond donors (Lipinski definition) is 1. The van der Waals surface area contributed by atoms with E-state index in [-0.39, 0.29) is 17.9 Å². The lowest BCUT2D eigenvalue weighted by Crippen LogP contribution is -2.47. The van der Waals surface area contributed by atoms with Crippen LogP contribution >= 0.6 is 0 Å². The standard InChI is InChI=1S/C15H30N2O/c1-5-12(4)14(16)15(18)17-9-6-7-13(8-10-17)11(2)3/h11-14H,5-10,16H2,1-4H3/t12-,13?,14-/m0/s1. The van der Waals surface area contributed by atoms with Crippen molar-refractivity contribution in [2.75, 3.05) is 13.1 Å². The zero-order valence-corrected chi connectivity index (χ0v) is 12.5. The predicted molar refractivity (Wildman–Crippen MR) is 76.2 cm³/mol. The van der Waals surface area contributed by atoms with Gasteiger partial charge in [0.25, 0.3) is 0 Å². The lowest BCUT2D eigenvalue weighted by Gasteiger charge is -2.27. The Labute approximate surface area is 112 Å². The van der Waals surface area contributed by atoms with Crippen LogP contribution < -0.4 is 5.73 Å². The van der Waals surface area contributed by atoms with Gasteiger partial charge in [-0.25, -0.2) is 0 Å². The van der Waals surface area contributed by atoms with E-state index in [2.05, 4.69) is 27.7 Å². The zero-order valence-electron chi connectivity index (χ0n) is 12.5. The molecule has 1 heterocycles. The van der Waals surface area contributed by atoms with Gasteiger partial charge in [0.2, 0.25) is 5.91 Å². The normalized spacial score (nSPS) is 24.8. The molecule has 1 amide bonds. The van der Waals surface area contributed by atoms with Crippen molar-refractivity contribution in [1.82, 2.24) is 4.90 Å². The van der Waals surface area contributed by atoms with E-state index in [9.17, 15) is 4.79 Å². The number of likely N-dealkylation sites (tertiary alicyclic amines) is 1. The molecule has 3 nitrogen and oxygen atoms in total. The van der Waals surface area contributed by atoms with Gasteiger partial charge < -0.3 is 10.6 Å². The fourth-order valence-corrected chi connectivity index (χ4v) is 2.72. The fraction of sp³-hybridized carbons (Fsp3) is 0.933. The summed E-state index contributed by atoms with van der Waals surface area (Å²) in [5.74, 6) is 1.93. The Morgan fingerprint density at radius 1 is 1.28 bits per heavy atom. The van der Waals surface area contributed by atoms with E-state index >= 15 is 0 Å². The van der Waals surface area contributed by atoms with Gasteiger partial charge in [0, 0.05) is 13.1 Å². The summed E-state index contributed by atoms with van der Waals surface area (Å²) in [5, 5.41) is 0. The molecule has 18 heavy (non-hydrogen) atoms. The van der Waals surface area contributed by atoms with Crippen molar-refractivity contribution < 1.29 is 4.79 Å². The number of carbonyl (C=O) groups excluding carboxylic acids is 1. The predicted octanol–water partition coefficient (Wildman–Crippen LogP) is 2.64. The van der Waals surface area contributed by atoms with Crippen LogP contribution in [0.4, 0.5) is 0 Å². The van der Waals surface area contributed by atoms with Gasteiger partial charge in [0.15, 0.2) is 0 Å². The Hall–Kier alpha value is -0.570. The molecule has 0 saturated carbocycles. The van der Waals surface area contributed by atoms with E-state index in [4.69, 9.17) is 5.73 Å². The quantitative estimate of drug-likeness (QED) is 0.838. The highest BCUT2D eigenvalue weighted by molar-refractivity contribution is 5.82. The first-order valence-corrected chi connectivity index (χ1v) is 7.51. The first-order chi connectivity index (χ1) is 8.47. The van der Waals surface area contributed by atoms with E-state index in [1.165, 1.54) is 6.42 Å². The minimum Gasteiger partial charge on any atom is -0.341 e. The number of hydrogen-bond acceptors (Lipinski definition) is 2. The van der Waals surface area contributed by atoms with Crippen molar-refractivity contribution in [2.24, 2.45) is 23.5 Å². The van der Waals surface area contributed by atoms with E-state index < -0.39 is 0 Å². The Bertz CT molecular complexity index is 265. The number of nitrogens with two attached hydrogens (primary N) is 1. The molecule has 0 aromatic carbocycles. The van der Waals surface area contributed by atoms with Crippen LogP contribution in [0, 0.1) is 17.8 Å². The van der Waals surface area contributed by atoms with Gasteiger partial charge in [0.1, 0.15) is 0 Å². The SMILES string of the molecule is CC[C@H](C)[C@H](N)C(=O)N1CCCC(C(C)C)CC1. The molecule has 0 aliphatic carbocycles. The maximum absolute atomic E-state index is 12.3. The van der Waals surface area contributed by atoms with Crippen LogP contribution in [-0.4, -0.2) is 29.9 Å². The highest BCUT2D eigenvalue weighted by Gasteiger charge is 2.27. The molecule has 0 aromatic rings. The molecule has 0 spiro atoms. The zero-order chi connectivity index (χ0) is 13.7. The summed E-state index contributed by atoms with van der Waals surface area (Å²) in [5.41, 5.74) is 6.06. The first-order valence-electron chi connectivity index (χ1n) is 7.51. The minimum absolute atomic E-state index is 0.161. The van der Waals surface area contributed by atoms with Crippen molar-refractivity contribution >= 4 is 5.91 Å². The largest absolute Gasteiger partial charge is 0.341 e. The van der Waals surface area contributed by atoms with E-state index in [1.54, 1.807) is 0 Å². The molecule has 1 fully saturated rings. The lowest BCUT2D eigenvalue weighted by molar-refractivity contribution is -0.133. The van der Waals surface area contributed by atoms with E-state index in [1.807, 2.05) is 4.90 Å². The Morgan fingerprint density at radius 3 is 2.50 bits per heavy atom. The van der Waals surface area contributed by atoms with Gasteiger partial charge in [-0.1, -0.05) is 34.1 Å². The second-order valence-electron chi connectivity index (χ2n) is 6.17. The topological polar surface area (TPSA) is 46.3 Å². The number of rotatable bonds is 4. The molecule has 0 aromatic heterocycles. The molecular weight excluding hydrogens is 224 g/mol. The van der Waals surface area contributed by atoms with Crippen LogP contribution in [0.15, 0.2) is 0 Å². The second-order valence-corrected chi connectivity index (χ2v) is 6.17. The summed E-state index contributed by atoms with van der Waals surface area (Å²) < 4.78 is 0. The van der Waals surface area contributed by atoms with Crippen molar-refractivity contribution in [3.63, 3.8) is 0 Å². The molecule has 0 radical (unpaired) electrons. The van der Waals surface area contributed by atoms with Crippen LogP contribution in [-0.2, 0) is 4.79 Å². The Balaban J connectivity index is 2.54. The summed E-state index contributed by atoms with van der Waals surface area (Å²) in [6.45, 7) is 10.5. The third kappa shape index (κ3) is 3.98. The molecular formula is C15H30N2O. The van der Waals surface area contributed by atoms with Crippen molar-refractivity contribution in [3.8, 4) is 0 Å². The van der Waals surface area contributed by atoms with Crippen LogP contribution in [0.3, 0.4) is 0 Å². The van der Waals surface area contributed by atoms with Gasteiger partial charge >= 0.3 is 0 Å². The number of nitrogens with zero attached hydrogens (tertiary/aromatic N) is 1. The summed E-state index contributed by atoms with van der Waals surface area (Å²) in [6, 6.07) is -0.314. The van der Waals surface area contributed by atoms with Gasteiger partial charge in [0.05, 0.1) is 6.04 Å². The maximum Gasteiger partial charge on any atom is 0.239 e. The van der Waals surface area contributed by atoms with Gasteiger partial charge in [-0.15, -0.1) is 0 Å². The van der Waals surface area contributed by atoms with Crippen molar-refractivity contribution in [2.45, 2.75) is 59.4 Å². The van der Waals surface area contributed by atoms with Crippen LogP contribution in [0.25, 0.3) is 0 Å². The third-order valence-electron chi connectivity index (χ3n) is 4.57. The summed E-state index contributed by atoms with van der Waals surface area (Å²) in [6.07, 6.45) is 4.48. The van der Waals surface area contributed by atoms with Gasteiger partial charge in [-0.05, 0) is 37.0 Å². The van der Waals surface area contributed by atoms with Crippen LogP contribution in [0.2, 0.25) is 0 Å². The fourth-order valence-electron chi connectivity index (χ4n) is 2.72. The molecule has 1 aliphatic rings. The summed E-state index contributed by atoms with van der Waals surface area (Å²) in [7, 11) is 0. The molecule has 2 N–H and O–H groups in total. The van der Waals surface area contributed by atoms with Crippen LogP contribution in [0.1, 0.15) is 53.4 Å². The minimum atomic E-state index is -0.314. The summed E-state index contributed by atoms with van der Waals surface area (Å²) in [4.78, 5) is 14.3. The van der Waals surface area contributed by atoms with Crippen molar-refractivity contribution in [3.05, 3.63) is 0 Å². The molecule has 106 valence electrons. The molecule has 1 aliphatic heterocycles. The van der Waals surface area contributed by atoms with E-state index in [0.717, 1.165) is 44.2 Å². The lowest BCUT2D eigenvalue weighted by atomic mass is 9.89. The summed E-state index contributed by atoms with van der Waals surface area (Å²) >= 11 is 0. The molecule has 0 bridgehead atoms. The number of carbonyl (C=O) groups is 1. The maximum atomic E-state index is 12.3. The monoisotopic (exact) mass is 254 g/mol. The van der Waals surface area contributed by atoms with Gasteiger partial charge in [-0.2, -0.15) is 0 Å². The molecule has 1 saturated heterocycles. The first kappa shape index (κ1) is 15.5. The second kappa shape index (κ2) is 7.13. The smallest absolute Gasteiger partial charge is 0.239 e. The highest BCUT2D eigenvalue weighted by atomic mass is 16.2. The van der Waals surface area contributed by atoms with E-state index in [0.29, 0.717) is 0 Å². The molecule has 3 heteroatoms. The molecule has 3 atom stereocenters. The van der Waals surface area contributed by atoms with Crippen molar-refractivity contribution in [1.29, 1.82) is 0 Å². The molecule has 1 rings (SSSR count). The Kier molecular flexibility index (Phi) is 6.13.